The highest BCUT2D eigenvalue weighted by molar-refractivity contribution is 5.89. The quantitative estimate of drug-likeness (QED) is 0.326. The lowest BCUT2D eigenvalue weighted by Crippen LogP contribution is -2.46. The standard InChI is InChI=1S/C27H26FNO3/c1-30-27(31-2)16-20(17-27)25-15-23-24(29(25)22-13-11-21(28)12-14-22)9-6-10-26(23)32-18-19-7-4-3-5-8-19/h3-15,20H,16-18H2,1-2H3. The number of nitrogens with zero attached hydrogens (tertiary/aromatic N) is 1. The average molecular weight is 432 g/mol. The summed E-state index contributed by atoms with van der Waals surface area (Å²) in [5.74, 6) is 0.299. The number of benzene rings is 3. The Morgan fingerprint density at radius 2 is 1.62 bits per heavy atom. The zero-order valence-corrected chi connectivity index (χ0v) is 18.3. The minimum atomic E-state index is -0.540. The van der Waals surface area contributed by atoms with Gasteiger partial charge in [-0.3, -0.25) is 0 Å². The second kappa shape index (κ2) is 8.41. The molecule has 1 aliphatic carbocycles. The summed E-state index contributed by atoms with van der Waals surface area (Å²) < 4.78 is 33.3. The van der Waals surface area contributed by atoms with Gasteiger partial charge in [0.25, 0.3) is 0 Å². The highest BCUT2D eigenvalue weighted by Crippen LogP contribution is 2.49. The molecule has 1 aliphatic rings. The van der Waals surface area contributed by atoms with E-state index in [1.807, 2.05) is 42.5 Å². The summed E-state index contributed by atoms with van der Waals surface area (Å²) in [7, 11) is 3.37. The van der Waals surface area contributed by atoms with Crippen LogP contribution in [-0.2, 0) is 16.1 Å². The van der Waals surface area contributed by atoms with Crippen LogP contribution in [0.1, 0.15) is 30.0 Å². The Hall–Kier alpha value is -3.15. The molecule has 1 heterocycles. The first kappa shape index (κ1) is 20.7. The highest BCUT2D eigenvalue weighted by atomic mass is 19.1. The first-order valence-electron chi connectivity index (χ1n) is 10.8. The molecule has 0 bridgehead atoms. The molecule has 4 nitrogen and oxygen atoms in total. The average Bonchev–Trinajstić information content (AvgIpc) is 3.19. The van der Waals surface area contributed by atoms with Gasteiger partial charge in [0.1, 0.15) is 18.2 Å². The monoisotopic (exact) mass is 431 g/mol. The first-order valence-corrected chi connectivity index (χ1v) is 10.8. The van der Waals surface area contributed by atoms with Crippen molar-refractivity contribution < 1.29 is 18.6 Å². The predicted molar refractivity (Wildman–Crippen MR) is 123 cm³/mol. The van der Waals surface area contributed by atoms with E-state index in [1.165, 1.54) is 12.1 Å². The van der Waals surface area contributed by atoms with Crippen molar-refractivity contribution in [3.63, 3.8) is 0 Å². The highest BCUT2D eigenvalue weighted by Gasteiger charge is 2.47. The van der Waals surface area contributed by atoms with Crippen molar-refractivity contribution in [1.29, 1.82) is 0 Å². The van der Waals surface area contributed by atoms with E-state index >= 15 is 0 Å². The summed E-state index contributed by atoms with van der Waals surface area (Å²) >= 11 is 0. The predicted octanol–water partition coefficient (Wildman–Crippen LogP) is 6.22. The van der Waals surface area contributed by atoms with E-state index in [-0.39, 0.29) is 11.7 Å². The van der Waals surface area contributed by atoms with Crippen LogP contribution in [0.25, 0.3) is 16.6 Å². The lowest BCUT2D eigenvalue weighted by molar-refractivity contribution is -0.258. The molecule has 164 valence electrons. The molecule has 0 saturated heterocycles. The molecule has 0 radical (unpaired) electrons. The van der Waals surface area contributed by atoms with E-state index in [0.29, 0.717) is 6.61 Å². The maximum Gasteiger partial charge on any atom is 0.168 e. The molecule has 0 N–H and O–H groups in total. The molecule has 0 atom stereocenters. The number of hydrogen-bond acceptors (Lipinski definition) is 3. The first-order chi connectivity index (χ1) is 15.6. The minimum absolute atomic E-state index is 0.250. The summed E-state index contributed by atoms with van der Waals surface area (Å²) in [5, 5.41) is 1.04. The molecule has 32 heavy (non-hydrogen) atoms. The molecule has 0 aliphatic heterocycles. The molecule has 0 amide bonds. The maximum absolute atomic E-state index is 13.6. The number of methoxy groups -OCH3 is 2. The van der Waals surface area contributed by atoms with E-state index in [2.05, 4.69) is 28.8 Å². The molecule has 1 fully saturated rings. The van der Waals surface area contributed by atoms with Crippen LogP contribution in [0, 0.1) is 5.82 Å². The smallest absolute Gasteiger partial charge is 0.168 e. The summed E-state index contributed by atoms with van der Waals surface area (Å²) in [5.41, 5.74) is 4.22. The molecule has 4 aromatic rings. The van der Waals surface area contributed by atoms with Gasteiger partial charge in [0, 0.05) is 49.7 Å². The van der Waals surface area contributed by atoms with Gasteiger partial charge in [-0.15, -0.1) is 0 Å². The molecular formula is C27H26FNO3. The molecule has 0 unspecified atom stereocenters. The van der Waals surface area contributed by atoms with Gasteiger partial charge in [-0.1, -0.05) is 36.4 Å². The van der Waals surface area contributed by atoms with Gasteiger partial charge in [-0.05, 0) is 48.0 Å². The number of hydrogen-bond donors (Lipinski definition) is 0. The Labute approximate surface area is 187 Å². The van der Waals surface area contributed by atoms with Crippen LogP contribution in [0.15, 0.2) is 78.9 Å². The Morgan fingerprint density at radius 1 is 0.906 bits per heavy atom. The number of halogens is 1. The van der Waals surface area contributed by atoms with Crippen LogP contribution in [-0.4, -0.2) is 24.6 Å². The summed E-state index contributed by atoms with van der Waals surface area (Å²) in [6.45, 7) is 0.497. The van der Waals surface area contributed by atoms with E-state index < -0.39 is 5.79 Å². The molecule has 1 aromatic heterocycles. The molecule has 5 rings (SSSR count). The van der Waals surface area contributed by atoms with Crippen molar-refractivity contribution >= 4 is 10.9 Å². The van der Waals surface area contributed by atoms with Crippen LogP contribution in [0.3, 0.4) is 0 Å². The lowest BCUT2D eigenvalue weighted by atomic mass is 9.76. The Balaban J connectivity index is 1.56. The van der Waals surface area contributed by atoms with Crippen molar-refractivity contribution in [1.82, 2.24) is 4.57 Å². The van der Waals surface area contributed by atoms with Crippen molar-refractivity contribution in [2.24, 2.45) is 0 Å². The van der Waals surface area contributed by atoms with Gasteiger partial charge < -0.3 is 18.8 Å². The maximum atomic E-state index is 13.6. The third kappa shape index (κ3) is 3.68. The molecule has 3 aromatic carbocycles. The van der Waals surface area contributed by atoms with Gasteiger partial charge in [0.2, 0.25) is 0 Å². The second-order valence-corrected chi connectivity index (χ2v) is 8.27. The largest absolute Gasteiger partial charge is 0.488 e. The lowest BCUT2D eigenvalue weighted by Gasteiger charge is -2.45. The van der Waals surface area contributed by atoms with Crippen LogP contribution >= 0.6 is 0 Å². The number of rotatable bonds is 7. The number of aromatic nitrogens is 1. The second-order valence-electron chi connectivity index (χ2n) is 8.27. The van der Waals surface area contributed by atoms with Crippen molar-refractivity contribution in [2.75, 3.05) is 14.2 Å². The van der Waals surface area contributed by atoms with Crippen LogP contribution in [0.4, 0.5) is 4.39 Å². The van der Waals surface area contributed by atoms with E-state index in [1.54, 1.807) is 14.2 Å². The minimum Gasteiger partial charge on any atom is -0.488 e. The van der Waals surface area contributed by atoms with Gasteiger partial charge in [-0.2, -0.15) is 0 Å². The van der Waals surface area contributed by atoms with Crippen molar-refractivity contribution in [3.8, 4) is 11.4 Å². The van der Waals surface area contributed by atoms with E-state index in [4.69, 9.17) is 14.2 Å². The summed E-state index contributed by atoms with van der Waals surface area (Å²) in [6.07, 6.45) is 1.52. The fourth-order valence-corrected chi connectivity index (χ4v) is 4.58. The fourth-order valence-electron chi connectivity index (χ4n) is 4.58. The zero-order chi connectivity index (χ0) is 22.1. The van der Waals surface area contributed by atoms with Crippen LogP contribution in [0.5, 0.6) is 5.75 Å². The van der Waals surface area contributed by atoms with Crippen LogP contribution in [0.2, 0.25) is 0 Å². The van der Waals surface area contributed by atoms with Gasteiger partial charge in [0.05, 0.1) is 5.52 Å². The SMILES string of the molecule is COC1(OC)CC(c2cc3c(OCc4ccccc4)cccc3n2-c2ccc(F)cc2)C1. The third-order valence-electron chi connectivity index (χ3n) is 6.43. The Bertz CT molecular complexity index is 1210. The van der Waals surface area contributed by atoms with E-state index in [0.717, 1.165) is 46.4 Å². The molecular weight excluding hydrogens is 405 g/mol. The topological polar surface area (TPSA) is 32.6 Å². The molecule has 0 spiro atoms. The van der Waals surface area contributed by atoms with Gasteiger partial charge in [-0.25, -0.2) is 4.39 Å². The van der Waals surface area contributed by atoms with Crippen LogP contribution < -0.4 is 4.74 Å². The van der Waals surface area contributed by atoms with E-state index in [9.17, 15) is 4.39 Å². The van der Waals surface area contributed by atoms with Crippen molar-refractivity contribution in [3.05, 3.63) is 95.9 Å². The van der Waals surface area contributed by atoms with Crippen molar-refractivity contribution in [2.45, 2.75) is 31.2 Å². The summed E-state index contributed by atoms with van der Waals surface area (Å²) in [4.78, 5) is 0. The third-order valence-corrected chi connectivity index (χ3v) is 6.43. The molecule has 5 heteroatoms. The van der Waals surface area contributed by atoms with Gasteiger partial charge >= 0.3 is 0 Å². The summed E-state index contributed by atoms with van der Waals surface area (Å²) in [6, 6.07) is 25.0. The zero-order valence-electron chi connectivity index (χ0n) is 18.3. The molecule has 1 saturated carbocycles. The number of fused-ring (bicyclic) bond motifs is 1. The number of ether oxygens (including phenoxy) is 3. The van der Waals surface area contributed by atoms with Gasteiger partial charge in [0.15, 0.2) is 5.79 Å². The normalized spacial score (nSPS) is 15.6. The Kier molecular flexibility index (Phi) is 5.45. The Morgan fingerprint density at radius 3 is 2.31 bits per heavy atom. The fraction of sp³-hybridized carbons (Fsp3) is 0.259.